The molecule has 1 aromatic carbocycles. The van der Waals surface area contributed by atoms with Crippen LogP contribution in [0.4, 0.5) is 10.5 Å². The fourth-order valence-electron chi connectivity index (χ4n) is 1.76. The molecule has 2 rings (SSSR count). The molecule has 0 radical (unpaired) electrons. The predicted molar refractivity (Wildman–Crippen MR) is 69.9 cm³/mol. The lowest BCUT2D eigenvalue weighted by Gasteiger charge is -2.12. The van der Waals surface area contributed by atoms with E-state index in [1.807, 2.05) is 0 Å². The predicted octanol–water partition coefficient (Wildman–Crippen LogP) is 2.48. The van der Waals surface area contributed by atoms with E-state index in [9.17, 15) is 4.79 Å². The molecule has 1 heterocycles. The van der Waals surface area contributed by atoms with Gasteiger partial charge in [-0.25, -0.2) is 4.79 Å². The number of halogens is 2. The summed E-state index contributed by atoms with van der Waals surface area (Å²) < 4.78 is 0. The van der Waals surface area contributed by atoms with Gasteiger partial charge in [-0.15, -0.1) is 0 Å². The Morgan fingerprint density at radius 1 is 1.29 bits per heavy atom. The van der Waals surface area contributed by atoms with Gasteiger partial charge in [0.15, 0.2) is 0 Å². The third-order valence-corrected chi connectivity index (χ3v) is 2.95. The van der Waals surface area contributed by atoms with Crippen molar-refractivity contribution in [2.75, 3.05) is 18.4 Å². The van der Waals surface area contributed by atoms with Crippen molar-refractivity contribution in [3.63, 3.8) is 0 Å². The SMILES string of the molecule is O=C(Nc1cc(Cl)cc(Cl)c1)N[C@@H]1CCNC1. The van der Waals surface area contributed by atoms with E-state index in [1.54, 1.807) is 18.2 Å². The molecule has 2 amide bonds. The van der Waals surface area contributed by atoms with E-state index in [0.29, 0.717) is 15.7 Å². The standard InChI is InChI=1S/C11H13Cl2N3O/c12-7-3-8(13)5-10(4-7)16-11(17)15-9-1-2-14-6-9/h3-5,9,14H,1-2,6H2,(H2,15,16,17)/t9-/m1/s1. The number of urea groups is 1. The van der Waals surface area contributed by atoms with E-state index in [2.05, 4.69) is 16.0 Å². The van der Waals surface area contributed by atoms with Crippen LogP contribution in [0.5, 0.6) is 0 Å². The molecule has 0 aromatic heterocycles. The third kappa shape index (κ3) is 3.77. The highest BCUT2D eigenvalue weighted by Gasteiger charge is 2.16. The molecule has 17 heavy (non-hydrogen) atoms. The van der Waals surface area contributed by atoms with Crippen LogP contribution in [-0.4, -0.2) is 25.2 Å². The molecule has 0 saturated carbocycles. The van der Waals surface area contributed by atoms with Crippen LogP contribution in [0.15, 0.2) is 18.2 Å². The van der Waals surface area contributed by atoms with Crippen LogP contribution in [0.25, 0.3) is 0 Å². The topological polar surface area (TPSA) is 53.2 Å². The molecule has 0 spiro atoms. The van der Waals surface area contributed by atoms with Crippen molar-refractivity contribution < 1.29 is 4.79 Å². The molecule has 0 bridgehead atoms. The van der Waals surface area contributed by atoms with Crippen LogP contribution in [-0.2, 0) is 0 Å². The second-order valence-electron chi connectivity index (χ2n) is 3.95. The number of benzene rings is 1. The minimum atomic E-state index is -0.239. The molecule has 0 aliphatic carbocycles. The van der Waals surface area contributed by atoms with Gasteiger partial charge < -0.3 is 16.0 Å². The molecule has 4 nitrogen and oxygen atoms in total. The summed E-state index contributed by atoms with van der Waals surface area (Å²) in [4.78, 5) is 11.7. The molecule has 1 aliphatic heterocycles. The molecular formula is C11H13Cl2N3O. The van der Waals surface area contributed by atoms with Crippen molar-refractivity contribution >= 4 is 34.9 Å². The Hall–Kier alpha value is -0.970. The van der Waals surface area contributed by atoms with Gasteiger partial charge in [-0.3, -0.25) is 0 Å². The maximum Gasteiger partial charge on any atom is 0.319 e. The van der Waals surface area contributed by atoms with E-state index in [-0.39, 0.29) is 12.1 Å². The highest BCUT2D eigenvalue weighted by molar-refractivity contribution is 6.35. The highest BCUT2D eigenvalue weighted by Crippen LogP contribution is 2.22. The van der Waals surface area contributed by atoms with Gasteiger partial charge in [-0.05, 0) is 31.2 Å². The lowest BCUT2D eigenvalue weighted by Crippen LogP contribution is -2.39. The first-order valence-corrected chi connectivity index (χ1v) is 6.13. The van der Waals surface area contributed by atoms with E-state index in [1.165, 1.54) is 0 Å². The summed E-state index contributed by atoms with van der Waals surface area (Å²) in [5.41, 5.74) is 0.589. The first kappa shape index (κ1) is 12.5. The fourth-order valence-corrected chi connectivity index (χ4v) is 2.28. The van der Waals surface area contributed by atoms with E-state index < -0.39 is 0 Å². The quantitative estimate of drug-likeness (QED) is 0.776. The zero-order valence-corrected chi connectivity index (χ0v) is 10.6. The molecular weight excluding hydrogens is 261 g/mol. The average molecular weight is 274 g/mol. The summed E-state index contributed by atoms with van der Waals surface area (Å²) in [6.07, 6.45) is 0.948. The molecule has 6 heteroatoms. The van der Waals surface area contributed by atoms with Crippen molar-refractivity contribution in [3.8, 4) is 0 Å². The summed E-state index contributed by atoms with van der Waals surface area (Å²) in [5, 5.41) is 9.74. The van der Waals surface area contributed by atoms with Crippen molar-refractivity contribution in [1.29, 1.82) is 0 Å². The van der Waals surface area contributed by atoms with Gasteiger partial charge in [0.2, 0.25) is 0 Å². The van der Waals surface area contributed by atoms with Crippen LogP contribution in [0.3, 0.4) is 0 Å². The molecule has 0 unspecified atom stereocenters. The molecule has 3 N–H and O–H groups in total. The molecule has 92 valence electrons. The monoisotopic (exact) mass is 273 g/mol. The van der Waals surface area contributed by atoms with Crippen LogP contribution in [0, 0.1) is 0 Å². The average Bonchev–Trinajstić information content (AvgIpc) is 2.67. The third-order valence-electron chi connectivity index (χ3n) is 2.52. The van der Waals surface area contributed by atoms with Gasteiger partial charge in [0.25, 0.3) is 0 Å². The normalized spacial score (nSPS) is 19.1. The first-order chi connectivity index (χ1) is 8.13. The number of nitrogens with one attached hydrogen (secondary N) is 3. The minimum absolute atomic E-state index is 0.185. The van der Waals surface area contributed by atoms with Crippen LogP contribution in [0.1, 0.15) is 6.42 Å². The van der Waals surface area contributed by atoms with Gasteiger partial charge in [0.05, 0.1) is 0 Å². The number of carbonyl (C=O) groups excluding carboxylic acids is 1. The number of carbonyl (C=O) groups is 1. The largest absolute Gasteiger partial charge is 0.334 e. The Kier molecular flexibility index (Phi) is 4.10. The van der Waals surface area contributed by atoms with Gasteiger partial charge in [0.1, 0.15) is 0 Å². The second-order valence-corrected chi connectivity index (χ2v) is 4.82. The van der Waals surface area contributed by atoms with E-state index in [0.717, 1.165) is 19.5 Å². The van der Waals surface area contributed by atoms with Crippen molar-refractivity contribution in [1.82, 2.24) is 10.6 Å². The lowest BCUT2D eigenvalue weighted by molar-refractivity contribution is 0.249. The summed E-state index contributed by atoms with van der Waals surface area (Å²) in [6, 6.07) is 4.87. The van der Waals surface area contributed by atoms with Crippen LogP contribution < -0.4 is 16.0 Å². The number of anilines is 1. The smallest absolute Gasteiger partial charge is 0.319 e. The minimum Gasteiger partial charge on any atom is -0.334 e. The molecule has 1 aromatic rings. The molecule has 1 fully saturated rings. The zero-order valence-electron chi connectivity index (χ0n) is 9.09. The highest BCUT2D eigenvalue weighted by atomic mass is 35.5. The van der Waals surface area contributed by atoms with E-state index >= 15 is 0 Å². The van der Waals surface area contributed by atoms with Gasteiger partial charge in [-0.1, -0.05) is 23.2 Å². The maximum absolute atomic E-state index is 11.7. The second kappa shape index (κ2) is 5.58. The Morgan fingerprint density at radius 3 is 2.59 bits per heavy atom. The molecule has 1 atom stereocenters. The van der Waals surface area contributed by atoms with Crippen LogP contribution in [0.2, 0.25) is 10.0 Å². The molecule has 1 aliphatic rings. The summed E-state index contributed by atoms with van der Waals surface area (Å²) in [5.74, 6) is 0. The Labute approximate surface area is 110 Å². The maximum atomic E-state index is 11.7. The Morgan fingerprint density at radius 2 is 2.00 bits per heavy atom. The van der Waals surface area contributed by atoms with Gasteiger partial charge >= 0.3 is 6.03 Å². The number of hydrogen-bond donors (Lipinski definition) is 3. The number of rotatable bonds is 2. The van der Waals surface area contributed by atoms with Crippen molar-refractivity contribution in [3.05, 3.63) is 28.2 Å². The van der Waals surface area contributed by atoms with Crippen molar-refractivity contribution in [2.45, 2.75) is 12.5 Å². The van der Waals surface area contributed by atoms with Gasteiger partial charge in [-0.2, -0.15) is 0 Å². The first-order valence-electron chi connectivity index (χ1n) is 5.38. The van der Waals surface area contributed by atoms with E-state index in [4.69, 9.17) is 23.2 Å². The molecule has 1 saturated heterocycles. The lowest BCUT2D eigenvalue weighted by atomic mass is 10.3. The van der Waals surface area contributed by atoms with Crippen molar-refractivity contribution in [2.24, 2.45) is 0 Å². The zero-order chi connectivity index (χ0) is 12.3. The Bertz CT molecular complexity index is 399. The van der Waals surface area contributed by atoms with Crippen LogP contribution >= 0.6 is 23.2 Å². The summed E-state index contributed by atoms with van der Waals surface area (Å²) in [6.45, 7) is 1.75. The Balaban J connectivity index is 1.92. The fraction of sp³-hybridized carbons (Fsp3) is 0.364. The summed E-state index contributed by atoms with van der Waals surface area (Å²) >= 11 is 11.7. The number of hydrogen-bond acceptors (Lipinski definition) is 2. The summed E-state index contributed by atoms with van der Waals surface area (Å²) in [7, 11) is 0. The van der Waals surface area contributed by atoms with Gasteiger partial charge in [0, 0.05) is 28.3 Å². The number of amides is 2.